The molecule has 0 heterocycles. The van der Waals surface area contributed by atoms with Gasteiger partial charge in [-0.05, 0) is 36.5 Å². The molecular formula is C14H19NO2. The van der Waals surface area contributed by atoms with E-state index in [0.29, 0.717) is 5.92 Å². The van der Waals surface area contributed by atoms with Crippen molar-refractivity contribution in [1.29, 1.82) is 0 Å². The molecule has 0 amide bonds. The third kappa shape index (κ3) is 2.78. The molecule has 2 unspecified atom stereocenters. The van der Waals surface area contributed by atoms with E-state index in [2.05, 4.69) is 36.1 Å². The lowest BCUT2D eigenvalue weighted by Gasteiger charge is -2.19. The van der Waals surface area contributed by atoms with E-state index in [1.165, 1.54) is 11.3 Å². The molecule has 1 fully saturated rings. The largest absolute Gasteiger partial charge is 0.481 e. The lowest BCUT2D eigenvalue weighted by atomic mass is 10.1. The van der Waals surface area contributed by atoms with Crippen LogP contribution in [0.4, 0.5) is 5.69 Å². The van der Waals surface area contributed by atoms with E-state index in [0.717, 1.165) is 19.4 Å². The Morgan fingerprint density at radius 2 is 2.06 bits per heavy atom. The summed E-state index contributed by atoms with van der Waals surface area (Å²) in [5.41, 5.74) is 2.50. The zero-order valence-electron chi connectivity index (χ0n) is 10.4. The normalized spacial score (nSPS) is 22.2. The summed E-state index contributed by atoms with van der Waals surface area (Å²) in [7, 11) is 2.03. The maximum absolute atomic E-state index is 10.8. The van der Waals surface area contributed by atoms with E-state index in [9.17, 15) is 4.79 Å². The van der Waals surface area contributed by atoms with Gasteiger partial charge in [0.2, 0.25) is 0 Å². The average molecular weight is 233 g/mol. The predicted molar refractivity (Wildman–Crippen MR) is 68.3 cm³/mol. The van der Waals surface area contributed by atoms with Gasteiger partial charge in [-0.2, -0.15) is 0 Å². The van der Waals surface area contributed by atoms with Gasteiger partial charge in [-0.15, -0.1) is 0 Å². The average Bonchev–Trinajstić information content (AvgIpc) is 3.08. The van der Waals surface area contributed by atoms with Crippen molar-refractivity contribution in [3.8, 4) is 0 Å². The second-order valence-electron chi connectivity index (χ2n) is 4.84. The lowest BCUT2D eigenvalue weighted by Crippen LogP contribution is -2.21. The minimum absolute atomic E-state index is 0.118. The molecule has 1 aromatic rings. The minimum Gasteiger partial charge on any atom is -0.481 e. The molecule has 1 aliphatic carbocycles. The standard InChI is InChI=1S/C14H19NO2/c1-3-10-4-6-12(7-5-10)15(2)9-11-8-13(11)14(16)17/h4-7,11,13H,3,8-9H2,1-2H3,(H,16,17). The molecule has 1 aromatic carbocycles. The van der Waals surface area contributed by atoms with Crippen molar-refractivity contribution in [3.05, 3.63) is 29.8 Å². The van der Waals surface area contributed by atoms with Crippen molar-refractivity contribution in [2.24, 2.45) is 11.8 Å². The van der Waals surface area contributed by atoms with Crippen LogP contribution in [0.25, 0.3) is 0 Å². The second-order valence-corrected chi connectivity index (χ2v) is 4.84. The number of hydrogen-bond acceptors (Lipinski definition) is 2. The molecule has 1 saturated carbocycles. The second kappa shape index (κ2) is 4.78. The van der Waals surface area contributed by atoms with Crippen LogP contribution >= 0.6 is 0 Å². The Kier molecular flexibility index (Phi) is 3.36. The molecule has 1 aliphatic rings. The number of anilines is 1. The lowest BCUT2D eigenvalue weighted by molar-refractivity contribution is -0.138. The number of hydrogen-bond donors (Lipinski definition) is 1. The van der Waals surface area contributed by atoms with E-state index < -0.39 is 5.97 Å². The zero-order valence-corrected chi connectivity index (χ0v) is 10.4. The Balaban J connectivity index is 1.91. The third-order valence-corrected chi connectivity index (χ3v) is 3.53. The molecule has 0 aromatic heterocycles. The van der Waals surface area contributed by atoms with Crippen molar-refractivity contribution in [3.63, 3.8) is 0 Å². The fourth-order valence-corrected chi connectivity index (χ4v) is 2.20. The van der Waals surface area contributed by atoms with Crippen molar-refractivity contribution >= 4 is 11.7 Å². The third-order valence-electron chi connectivity index (χ3n) is 3.53. The molecule has 0 radical (unpaired) electrons. The Labute approximate surface area is 102 Å². The molecule has 0 spiro atoms. The summed E-state index contributed by atoms with van der Waals surface area (Å²) < 4.78 is 0. The van der Waals surface area contributed by atoms with Crippen molar-refractivity contribution in [1.82, 2.24) is 0 Å². The van der Waals surface area contributed by atoms with Gasteiger partial charge in [0.1, 0.15) is 0 Å². The topological polar surface area (TPSA) is 40.5 Å². The number of carboxylic acid groups (broad SMARTS) is 1. The molecule has 3 heteroatoms. The Bertz CT molecular complexity index is 399. The molecule has 0 bridgehead atoms. The SMILES string of the molecule is CCc1ccc(N(C)CC2CC2C(=O)O)cc1. The summed E-state index contributed by atoms with van der Waals surface area (Å²) >= 11 is 0. The predicted octanol–water partition coefficient (Wildman–Crippen LogP) is 2.41. The molecule has 0 aliphatic heterocycles. The van der Waals surface area contributed by atoms with Gasteiger partial charge in [-0.1, -0.05) is 19.1 Å². The van der Waals surface area contributed by atoms with Crippen LogP contribution in [0.1, 0.15) is 18.9 Å². The molecule has 2 atom stereocenters. The fraction of sp³-hybridized carbons (Fsp3) is 0.500. The van der Waals surface area contributed by atoms with Gasteiger partial charge < -0.3 is 10.0 Å². The van der Waals surface area contributed by atoms with Crippen LogP contribution in [0.15, 0.2) is 24.3 Å². The van der Waals surface area contributed by atoms with E-state index in [-0.39, 0.29) is 5.92 Å². The van der Waals surface area contributed by atoms with E-state index in [1.54, 1.807) is 0 Å². The first-order valence-corrected chi connectivity index (χ1v) is 6.14. The fourth-order valence-electron chi connectivity index (χ4n) is 2.20. The summed E-state index contributed by atoms with van der Waals surface area (Å²) in [6.07, 6.45) is 1.88. The number of carbonyl (C=O) groups is 1. The smallest absolute Gasteiger partial charge is 0.306 e. The van der Waals surface area contributed by atoms with Gasteiger partial charge in [0, 0.05) is 19.3 Å². The van der Waals surface area contributed by atoms with Crippen molar-refractivity contribution < 1.29 is 9.90 Å². The molecule has 92 valence electrons. The number of carboxylic acids is 1. The number of benzene rings is 1. The number of aryl methyl sites for hydroxylation is 1. The number of rotatable bonds is 5. The Morgan fingerprint density at radius 1 is 1.41 bits per heavy atom. The van der Waals surface area contributed by atoms with Crippen LogP contribution in [0.3, 0.4) is 0 Å². The van der Waals surface area contributed by atoms with Crippen LogP contribution in [-0.4, -0.2) is 24.7 Å². The van der Waals surface area contributed by atoms with Crippen molar-refractivity contribution in [2.75, 3.05) is 18.5 Å². The van der Waals surface area contributed by atoms with Crippen LogP contribution < -0.4 is 4.90 Å². The van der Waals surface area contributed by atoms with Gasteiger partial charge in [0.05, 0.1) is 5.92 Å². The van der Waals surface area contributed by atoms with Crippen LogP contribution in [0, 0.1) is 11.8 Å². The summed E-state index contributed by atoms with van der Waals surface area (Å²) in [6, 6.07) is 8.48. The number of aliphatic carboxylic acids is 1. The minimum atomic E-state index is -0.648. The highest BCUT2D eigenvalue weighted by atomic mass is 16.4. The zero-order chi connectivity index (χ0) is 12.4. The summed E-state index contributed by atoms with van der Waals surface area (Å²) in [6.45, 7) is 2.98. The summed E-state index contributed by atoms with van der Waals surface area (Å²) in [5.74, 6) is -0.444. The van der Waals surface area contributed by atoms with E-state index in [1.807, 2.05) is 7.05 Å². The number of nitrogens with zero attached hydrogens (tertiary/aromatic N) is 1. The maximum atomic E-state index is 10.8. The first-order chi connectivity index (χ1) is 8.11. The van der Waals surface area contributed by atoms with Gasteiger partial charge in [0.15, 0.2) is 0 Å². The molecule has 2 rings (SSSR count). The summed E-state index contributed by atoms with van der Waals surface area (Å²) in [5, 5.41) is 8.86. The van der Waals surface area contributed by atoms with Gasteiger partial charge in [0.25, 0.3) is 0 Å². The Morgan fingerprint density at radius 3 is 2.53 bits per heavy atom. The van der Waals surface area contributed by atoms with E-state index in [4.69, 9.17) is 5.11 Å². The highest BCUT2D eigenvalue weighted by molar-refractivity contribution is 5.73. The van der Waals surface area contributed by atoms with Gasteiger partial charge in [-0.25, -0.2) is 0 Å². The molecule has 1 N–H and O–H groups in total. The maximum Gasteiger partial charge on any atom is 0.306 e. The molecular weight excluding hydrogens is 214 g/mol. The van der Waals surface area contributed by atoms with Crippen LogP contribution in [-0.2, 0) is 11.2 Å². The van der Waals surface area contributed by atoms with Crippen LogP contribution in [0.2, 0.25) is 0 Å². The first-order valence-electron chi connectivity index (χ1n) is 6.14. The van der Waals surface area contributed by atoms with Gasteiger partial charge >= 0.3 is 5.97 Å². The van der Waals surface area contributed by atoms with Crippen LogP contribution in [0.5, 0.6) is 0 Å². The van der Waals surface area contributed by atoms with Gasteiger partial charge in [-0.3, -0.25) is 4.79 Å². The quantitative estimate of drug-likeness (QED) is 0.849. The van der Waals surface area contributed by atoms with E-state index >= 15 is 0 Å². The highest BCUT2D eigenvalue weighted by Gasteiger charge is 2.43. The molecule has 0 saturated heterocycles. The first kappa shape index (κ1) is 12.0. The Hall–Kier alpha value is -1.51. The summed E-state index contributed by atoms with van der Waals surface area (Å²) in [4.78, 5) is 12.9. The molecule has 3 nitrogen and oxygen atoms in total. The monoisotopic (exact) mass is 233 g/mol. The highest BCUT2D eigenvalue weighted by Crippen LogP contribution is 2.39. The molecule has 17 heavy (non-hydrogen) atoms. The van der Waals surface area contributed by atoms with Crippen molar-refractivity contribution in [2.45, 2.75) is 19.8 Å².